The van der Waals surface area contributed by atoms with E-state index in [0.717, 1.165) is 54.7 Å². The van der Waals surface area contributed by atoms with Crippen LogP contribution in [-0.2, 0) is 6.42 Å². The second-order valence-corrected chi connectivity index (χ2v) is 5.70. The van der Waals surface area contributed by atoms with E-state index in [9.17, 15) is 0 Å². The second-order valence-electron chi connectivity index (χ2n) is 4.73. The van der Waals surface area contributed by atoms with Gasteiger partial charge in [0.2, 0.25) is 0 Å². The van der Waals surface area contributed by atoms with Gasteiger partial charge in [0.25, 0.3) is 0 Å². The van der Waals surface area contributed by atoms with Crippen LogP contribution < -0.4 is 10.6 Å². The lowest BCUT2D eigenvalue weighted by atomic mass is 10.2. The summed E-state index contributed by atoms with van der Waals surface area (Å²) in [5.41, 5.74) is 6.63. The third kappa shape index (κ3) is 2.81. The van der Waals surface area contributed by atoms with Crippen LogP contribution in [0.1, 0.15) is 23.9 Å². The molecule has 1 saturated heterocycles. The summed E-state index contributed by atoms with van der Waals surface area (Å²) >= 11 is 1.56. The Hall–Kier alpha value is -1.14. The molecule has 3 N–H and O–H groups in total. The summed E-state index contributed by atoms with van der Waals surface area (Å²) in [6, 6.07) is 0. The molecule has 1 aromatic heterocycles. The van der Waals surface area contributed by atoms with Crippen LogP contribution in [0.2, 0.25) is 0 Å². The first-order valence-electron chi connectivity index (χ1n) is 6.39. The highest BCUT2D eigenvalue weighted by atomic mass is 32.1. The van der Waals surface area contributed by atoms with E-state index in [4.69, 9.17) is 11.1 Å². The Labute approximate surface area is 112 Å². The Morgan fingerprint density at radius 3 is 2.61 bits per heavy atom. The number of hydrogen-bond donors (Lipinski definition) is 2. The van der Waals surface area contributed by atoms with Gasteiger partial charge in [-0.3, -0.25) is 5.41 Å². The van der Waals surface area contributed by atoms with Crippen LogP contribution in [0, 0.1) is 5.41 Å². The maximum absolute atomic E-state index is 7.64. The molecule has 0 radical (unpaired) electrons. The number of amidine groups is 1. The fraction of sp³-hybridized carbons (Fsp3) is 0.667. The summed E-state index contributed by atoms with van der Waals surface area (Å²) in [5.74, 6) is 0.149. The van der Waals surface area contributed by atoms with Gasteiger partial charge in [-0.2, -0.15) is 0 Å². The number of rotatable bonds is 4. The minimum Gasteiger partial charge on any atom is -0.383 e. The van der Waals surface area contributed by atoms with Crippen molar-refractivity contribution in [1.29, 1.82) is 5.41 Å². The van der Waals surface area contributed by atoms with E-state index < -0.39 is 0 Å². The van der Waals surface area contributed by atoms with E-state index in [1.54, 1.807) is 11.3 Å². The second kappa shape index (κ2) is 5.67. The van der Waals surface area contributed by atoms with Crippen molar-refractivity contribution in [3.05, 3.63) is 10.6 Å². The van der Waals surface area contributed by atoms with E-state index in [2.05, 4.69) is 28.8 Å². The number of thiazole rings is 1. The molecule has 100 valence electrons. The van der Waals surface area contributed by atoms with E-state index in [1.807, 2.05) is 0 Å². The number of nitrogens with two attached hydrogens (primary N) is 1. The summed E-state index contributed by atoms with van der Waals surface area (Å²) < 4.78 is 0. The number of nitrogens with zero attached hydrogens (tertiary/aromatic N) is 3. The molecule has 0 atom stereocenters. The molecule has 0 bridgehead atoms. The molecule has 2 heterocycles. The maximum Gasteiger partial charge on any atom is 0.186 e. The van der Waals surface area contributed by atoms with Gasteiger partial charge >= 0.3 is 0 Å². The lowest BCUT2D eigenvalue weighted by Gasteiger charge is -2.32. The third-order valence-corrected chi connectivity index (χ3v) is 4.38. The van der Waals surface area contributed by atoms with E-state index >= 15 is 0 Å². The predicted molar refractivity (Wildman–Crippen MR) is 76.8 cm³/mol. The van der Waals surface area contributed by atoms with Crippen molar-refractivity contribution in [3.63, 3.8) is 0 Å². The molecule has 18 heavy (non-hydrogen) atoms. The molecule has 0 aromatic carbocycles. The van der Waals surface area contributed by atoms with E-state index in [-0.39, 0.29) is 5.84 Å². The SMILES string of the molecule is CCCc1nc(N2CCN(C)CC2)sc1C(=N)N. The van der Waals surface area contributed by atoms with Gasteiger partial charge in [-0.25, -0.2) is 4.98 Å². The standard InChI is InChI=1S/C12H21N5S/c1-3-4-9-10(11(13)14)18-12(15-9)17-7-5-16(2)6-8-17/h3-8H2,1-2H3,(H3,13,14). The molecule has 1 aliphatic heterocycles. The average Bonchev–Trinajstić information content (AvgIpc) is 2.75. The Kier molecular flexibility index (Phi) is 4.19. The number of aromatic nitrogens is 1. The Bertz CT molecular complexity index is 420. The Morgan fingerprint density at radius 1 is 1.39 bits per heavy atom. The van der Waals surface area contributed by atoms with Crippen molar-refractivity contribution >= 4 is 22.3 Å². The lowest BCUT2D eigenvalue weighted by Crippen LogP contribution is -2.44. The molecule has 1 aliphatic rings. The van der Waals surface area contributed by atoms with Crippen molar-refractivity contribution in [3.8, 4) is 0 Å². The lowest BCUT2D eigenvalue weighted by molar-refractivity contribution is 0.312. The molecule has 0 unspecified atom stereocenters. The van der Waals surface area contributed by atoms with Crippen LogP contribution in [0.4, 0.5) is 5.13 Å². The predicted octanol–water partition coefficient (Wildman–Crippen LogP) is 1.13. The number of anilines is 1. The van der Waals surface area contributed by atoms with Gasteiger partial charge in [-0.05, 0) is 13.5 Å². The quantitative estimate of drug-likeness (QED) is 0.634. The normalized spacial score (nSPS) is 17.1. The third-order valence-electron chi connectivity index (χ3n) is 3.19. The number of hydrogen-bond acceptors (Lipinski definition) is 5. The highest BCUT2D eigenvalue weighted by molar-refractivity contribution is 7.17. The minimum absolute atomic E-state index is 0.149. The summed E-state index contributed by atoms with van der Waals surface area (Å²) in [4.78, 5) is 10.2. The van der Waals surface area contributed by atoms with Crippen molar-refractivity contribution in [2.24, 2.45) is 5.73 Å². The molecule has 5 nitrogen and oxygen atoms in total. The van der Waals surface area contributed by atoms with E-state index in [1.165, 1.54) is 0 Å². The fourth-order valence-electron chi connectivity index (χ4n) is 2.09. The molecular weight excluding hydrogens is 246 g/mol. The van der Waals surface area contributed by atoms with Gasteiger partial charge < -0.3 is 15.5 Å². The summed E-state index contributed by atoms with van der Waals surface area (Å²) in [5, 5.41) is 8.66. The van der Waals surface area contributed by atoms with Gasteiger partial charge in [-0.15, -0.1) is 0 Å². The molecule has 0 aliphatic carbocycles. The zero-order chi connectivity index (χ0) is 13.1. The van der Waals surface area contributed by atoms with Gasteiger partial charge in [0, 0.05) is 26.2 Å². The van der Waals surface area contributed by atoms with Crippen LogP contribution in [0.25, 0.3) is 0 Å². The van der Waals surface area contributed by atoms with Crippen molar-refractivity contribution < 1.29 is 0 Å². The van der Waals surface area contributed by atoms with Crippen molar-refractivity contribution in [2.75, 3.05) is 38.1 Å². The Morgan fingerprint density at radius 2 is 2.06 bits per heavy atom. The van der Waals surface area contributed by atoms with Crippen molar-refractivity contribution in [2.45, 2.75) is 19.8 Å². The van der Waals surface area contributed by atoms with Crippen LogP contribution >= 0.6 is 11.3 Å². The van der Waals surface area contributed by atoms with Crippen LogP contribution in [-0.4, -0.2) is 48.9 Å². The fourth-order valence-corrected chi connectivity index (χ4v) is 3.11. The number of nitrogens with one attached hydrogen (secondary N) is 1. The number of nitrogen functional groups attached to an aromatic ring is 1. The molecule has 0 spiro atoms. The highest BCUT2D eigenvalue weighted by Gasteiger charge is 2.20. The van der Waals surface area contributed by atoms with Crippen LogP contribution in [0.15, 0.2) is 0 Å². The molecule has 0 saturated carbocycles. The largest absolute Gasteiger partial charge is 0.383 e. The molecular formula is C12H21N5S. The molecule has 0 amide bonds. The van der Waals surface area contributed by atoms with Gasteiger partial charge in [0.15, 0.2) is 5.13 Å². The smallest absolute Gasteiger partial charge is 0.186 e. The van der Waals surface area contributed by atoms with Gasteiger partial charge in [0.1, 0.15) is 5.84 Å². The number of aryl methyl sites for hydroxylation is 1. The monoisotopic (exact) mass is 267 g/mol. The van der Waals surface area contributed by atoms with Crippen molar-refractivity contribution in [1.82, 2.24) is 9.88 Å². The number of likely N-dealkylation sites (N-methyl/N-ethyl adjacent to an activating group) is 1. The first-order chi connectivity index (χ1) is 8.61. The summed E-state index contributed by atoms with van der Waals surface area (Å²) in [6.07, 6.45) is 1.94. The zero-order valence-corrected chi connectivity index (χ0v) is 11.9. The van der Waals surface area contributed by atoms with Gasteiger partial charge in [-0.1, -0.05) is 24.7 Å². The molecule has 6 heteroatoms. The Balaban J connectivity index is 2.18. The minimum atomic E-state index is 0.149. The summed E-state index contributed by atoms with van der Waals surface area (Å²) in [6.45, 7) is 6.27. The van der Waals surface area contributed by atoms with E-state index in [0.29, 0.717) is 0 Å². The first kappa shape index (κ1) is 13.3. The van der Waals surface area contributed by atoms with Crippen LogP contribution in [0.3, 0.4) is 0 Å². The van der Waals surface area contributed by atoms with Crippen LogP contribution in [0.5, 0.6) is 0 Å². The molecule has 2 rings (SSSR count). The topological polar surface area (TPSA) is 69.2 Å². The first-order valence-corrected chi connectivity index (χ1v) is 7.21. The molecule has 1 aromatic rings. The van der Waals surface area contributed by atoms with Gasteiger partial charge in [0.05, 0.1) is 10.6 Å². The summed E-state index contributed by atoms with van der Waals surface area (Å²) in [7, 11) is 2.14. The molecule has 1 fully saturated rings. The number of piperazine rings is 1. The average molecular weight is 267 g/mol. The highest BCUT2D eigenvalue weighted by Crippen LogP contribution is 2.27. The zero-order valence-electron chi connectivity index (χ0n) is 11.1. The maximum atomic E-state index is 7.64.